The molecule has 0 atom stereocenters. The maximum Gasteiger partial charge on any atom is 0.419 e. The van der Waals surface area contributed by atoms with Crippen molar-refractivity contribution in [1.82, 2.24) is 24.5 Å². The van der Waals surface area contributed by atoms with Crippen LogP contribution in [0.4, 0.5) is 23.4 Å². The van der Waals surface area contributed by atoms with E-state index in [-0.39, 0.29) is 41.1 Å². The second-order valence-corrected chi connectivity index (χ2v) is 9.26. The fourth-order valence-electron chi connectivity index (χ4n) is 4.74. The molecule has 39 heavy (non-hydrogen) atoms. The maximum absolute atomic E-state index is 13.6. The van der Waals surface area contributed by atoms with E-state index < -0.39 is 23.5 Å². The van der Waals surface area contributed by atoms with Gasteiger partial charge in [0.05, 0.1) is 24.3 Å². The number of nitrogen functional groups attached to an aromatic ring is 1. The number of nitrogens with zero attached hydrogens (tertiary/aromatic N) is 5. The van der Waals surface area contributed by atoms with Gasteiger partial charge >= 0.3 is 6.18 Å². The molecule has 3 heterocycles. The van der Waals surface area contributed by atoms with E-state index in [4.69, 9.17) is 11.5 Å². The summed E-state index contributed by atoms with van der Waals surface area (Å²) in [5.41, 5.74) is 11.4. The average molecular weight is 546 g/mol. The predicted molar refractivity (Wildman–Crippen MR) is 134 cm³/mol. The van der Waals surface area contributed by atoms with Crippen LogP contribution >= 0.6 is 0 Å². The highest BCUT2D eigenvalue weighted by Crippen LogP contribution is 2.34. The number of nitrogens with two attached hydrogens (primary N) is 2. The molecule has 4 N–H and O–H groups in total. The molecule has 0 spiro atoms. The van der Waals surface area contributed by atoms with Gasteiger partial charge in [-0.3, -0.25) is 14.3 Å². The first-order valence-electron chi connectivity index (χ1n) is 12.3. The molecular formula is C26H27F4N7O2. The number of benzene rings is 1. The minimum atomic E-state index is -4.83. The number of rotatable bonds is 5. The van der Waals surface area contributed by atoms with E-state index in [1.807, 2.05) is 0 Å². The lowest BCUT2D eigenvalue weighted by Crippen LogP contribution is -2.34. The minimum absolute atomic E-state index is 0.0211. The molecule has 206 valence electrons. The van der Waals surface area contributed by atoms with Crippen LogP contribution in [0.25, 0.3) is 11.3 Å². The monoisotopic (exact) mass is 545 g/mol. The fraction of sp³-hybridized carbons (Fsp3) is 0.385. The number of hydrogen-bond acceptors (Lipinski definition) is 5. The van der Waals surface area contributed by atoms with E-state index in [1.54, 1.807) is 16.5 Å². The normalized spacial score (nSPS) is 14.8. The quantitative estimate of drug-likeness (QED) is 0.375. The number of likely N-dealkylation sites (tertiary alicyclic amines) is 1. The number of halogens is 4. The van der Waals surface area contributed by atoms with Crippen LogP contribution in [0.5, 0.6) is 0 Å². The fourth-order valence-corrected chi connectivity index (χ4v) is 4.74. The average Bonchev–Trinajstić information content (AvgIpc) is 3.44. The van der Waals surface area contributed by atoms with E-state index >= 15 is 0 Å². The third-order valence-corrected chi connectivity index (χ3v) is 6.58. The van der Waals surface area contributed by atoms with E-state index in [1.165, 1.54) is 23.1 Å². The molecule has 1 saturated heterocycles. The van der Waals surface area contributed by atoms with Crippen molar-refractivity contribution in [3.63, 3.8) is 0 Å². The SMILES string of the molecule is CC#CC(=O)N1CCCC(n2nc(-c3cnn(Cc4ccc(F)c(C(F)(F)F)c4)c3)c(C(N)=O)c2N)CCC1. The lowest BCUT2D eigenvalue weighted by atomic mass is 10.0. The Morgan fingerprint density at radius 3 is 2.49 bits per heavy atom. The number of amides is 2. The summed E-state index contributed by atoms with van der Waals surface area (Å²) in [5.74, 6) is 2.94. The minimum Gasteiger partial charge on any atom is -0.383 e. The van der Waals surface area contributed by atoms with Crippen molar-refractivity contribution in [2.45, 2.75) is 51.4 Å². The number of carbonyl (C=O) groups excluding carboxylic acids is 2. The zero-order valence-electron chi connectivity index (χ0n) is 21.1. The van der Waals surface area contributed by atoms with Crippen molar-refractivity contribution >= 4 is 17.6 Å². The molecule has 0 aliphatic carbocycles. The Labute approximate surface area is 221 Å². The Kier molecular flexibility index (Phi) is 7.94. The first kappa shape index (κ1) is 27.7. The molecule has 1 aromatic carbocycles. The van der Waals surface area contributed by atoms with Crippen LogP contribution in [0.15, 0.2) is 30.6 Å². The molecule has 1 fully saturated rings. The van der Waals surface area contributed by atoms with Crippen LogP contribution in [-0.4, -0.2) is 49.4 Å². The molecule has 9 nitrogen and oxygen atoms in total. The van der Waals surface area contributed by atoms with Crippen LogP contribution in [0, 0.1) is 17.7 Å². The molecule has 1 aliphatic rings. The maximum atomic E-state index is 13.6. The molecule has 0 bridgehead atoms. The summed E-state index contributed by atoms with van der Waals surface area (Å²) in [6.07, 6.45) is 0.741. The van der Waals surface area contributed by atoms with Gasteiger partial charge in [-0.2, -0.15) is 23.4 Å². The highest BCUT2D eigenvalue weighted by Gasteiger charge is 2.34. The van der Waals surface area contributed by atoms with E-state index in [0.29, 0.717) is 44.3 Å². The number of anilines is 1. The first-order chi connectivity index (χ1) is 18.5. The molecule has 3 aromatic rings. The number of primary amides is 1. The van der Waals surface area contributed by atoms with Crippen LogP contribution in [0.3, 0.4) is 0 Å². The van der Waals surface area contributed by atoms with Gasteiger partial charge in [0.15, 0.2) is 0 Å². The molecule has 2 aromatic heterocycles. The van der Waals surface area contributed by atoms with Crippen LogP contribution in [0.1, 0.15) is 60.1 Å². The molecule has 0 unspecified atom stereocenters. The summed E-state index contributed by atoms with van der Waals surface area (Å²) in [5, 5.41) is 8.77. The number of alkyl halides is 3. The molecule has 0 radical (unpaired) electrons. The Bertz CT molecular complexity index is 1440. The second-order valence-electron chi connectivity index (χ2n) is 9.26. The third kappa shape index (κ3) is 6.05. The summed E-state index contributed by atoms with van der Waals surface area (Å²) < 4.78 is 55.8. The molecule has 4 rings (SSSR count). The number of aromatic nitrogens is 4. The third-order valence-electron chi connectivity index (χ3n) is 6.58. The Hall–Kier alpha value is -4.34. The summed E-state index contributed by atoms with van der Waals surface area (Å²) in [6.45, 7) is 2.61. The summed E-state index contributed by atoms with van der Waals surface area (Å²) in [6, 6.07) is 2.60. The van der Waals surface area contributed by atoms with Gasteiger partial charge in [-0.15, -0.1) is 0 Å². The van der Waals surface area contributed by atoms with Gasteiger partial charge in [0.2, 0.25) is 0 Å². The molecular weight excluding hydrogens is 518 g/mol. The van der Waals surface area contributed by atoms with Crippen molar-refractivity contribution < 1.29 is 27.2 Å². The van der Waals surface area contributed by atoms with Gasteiger partial charge in [-0.1, -0.05) is 12.0 Å². The van der Waals surface area contributed by atoms with Crippen molar-refractivity contribution in [2.24, 2.45) is 5.73 Å². The number of carbonyl (C=O) groups is 2. The zero-order chi connectivity index (χ0) is 28.3. The molecule has 13 heteroatoms. The summed E-state index contributed by atoms with van der Waals surface area (Å²) in [7, 11) is 0. The van der Waals surface area contributed by atoms with Crippen LogP contribution < -0.4 is 11.5 Å². The second kappa shape index (κ2) is 11.2. The Morgan fingerprint density at radius 2 is 1.87 bits per heavy atom. The number of hydrogen-bond donors (Lipinski definition) is 2. The predicted octanol–water partition coefficient (Wildman–Crippen LogP) is 3.60. The van der Waals surface area contributed by atoms with Gasteiger partial charge in [-0.05, 0) is 56.2 Å². The lowest BCUT2D eigenvalue weighted by Gasteiger charge is -2.27. The van der Waals surface area contributed by atoms with E-state index in [0.717, 1.165) is 12.1 Å². The Balaban J connectivity index is 1.57. The van der Waals surface area contributed by atoms with E-state index in [9.17, 15) is 27.2 Å². The molecule has 2 amide bonds. The topological polar surface area (TPSA) is 125 Å². The van der Waals surface area contributed by atoms with Crippen molar-refractivity contribution in [1.29, 1.82) is 0 Å². The van der Waals surface area contributed by atoms with Crippen LogP contribution in [0.2, 0.25) is 0 Å². The van der Waals surface area contributed by atoms with Crippen molar-refractivity contribution in [2.75, 3.05) is 18.8 Å². The van der Waals surface area contributed by atoms with Gasteiger partial charge in [0, 0.05) is 24.8 Å². The van der Waals surface area contributed by atoms with Gasteiger partial charge in [0.1, 0.15) is 22.9 Å². The first-order valence-corrected chi connectivity index (χ1v) is 12.3. The smallest absolute Gasteiger partial charge is 0.383 e. The van der Waals surface area contributed by atoms with Gasteiger partial charge in [0.25, 0.3) is 11.8 Å². The van der Waals surface area contributed by atoms with E-state index in [2.05, 4.69) is 22.0 Å². The Morgan fingerprint density at radius 1 is 1.18 bits per heavy atom. The van der Waals surface area contributed by atoms with Crippen LogP contribution in [-0.2, 0) is 17.5 Å². The molecule has 0 saturated carbocycles. The lowest BCUT2D eigenvalue weighted by molar-refractivity contribution is -0.140. The van der Waals surface area contributed by atoms with Crippen molar-refractivity contribution in [3.8, 4) is 23.1 Å². The summed E-state index contributed by atoms with van der Waals surface area (Å²) >= 11 is 0. The standard InChI is InChI=1S/C26H27F4N7O2/c1-2-5-21(38)35-10-3-6-18(7-4-11-35)37-24(31)22(25(32)39)23(34-37)17-13-33-36(15-17)14-16-8-9-20(27)19(12-16)26(28,29)30/h8-9,12-13,15,18H,3-4,6-7,10-11,14,31H2,1H3,(H2,32,39). The van der Waals surface area contributed by atoms with Gasteiger partial charge < -0.3 is 16.4 Å². The highest BCUT2D eigenvalue weighted by atomic mass is 19.4. The van der Waals surface area contributed by atoms with Crippen molar-refractivity contribution in [3.05, 3.63) is 53.1 Å². The summed E-state index contributed by atoms with van der Waals surface area (Å²) in [4.78, 5) is 26.2. The highest BCUT2D eigenvalue weighted by molar-refractivity contribution is 6.03. The zero-order valence-corrected chi connectivity index (χ0v) is 21.1. The van der Waals surface area contributed by atoms with Gasteiger partial charge in [-0.25, -0.2) is 9.07 Å². The molecule has 1 aliphatic heterocycles. The largest absolute Gasteiger partial charge is 0.419 e.